The molecule has 7 heteroatoms. The van der Waals surface area contributed by atoms with Crippen LogP contribution in [0, 0.1) is 6.92 Å². The second kappa shape index (κ2) is 9.01. The molecule has 2 heterocycles. The van der Waals surface area contributed by atoms with Gasteiger partial charge in [-0.05, 0) is 51.4 Å². The maximum atomic E-state index is 12.4. The van der Waals surface area contributed by atoms with E-state index in [-0.39, 0.29) is 11.4 Å². The van der Waals surface area contributed by atoms with Crippen LogP contribution in [0.2, 0.25) is 0 Å². The van der Waals surface area contributed by atoms with Crippen LogP contribution in [0.5, 0.6) is 5.88 Å². The van der Waals surface area contributed by atoms with Crippen molar-refractivity contribution in [2.24, 2.45) is 4.99 Å². The molecule has 1 aliphatic heterocycles. The molecule has 150 valence electrons. The van der Waals surface area contributed by atoms with Crippen LogP contribution in [0.4, 0.5) is 0 Å². The Kier molecular flexibility index (Phi) is 6.46. The summed E-state index contributed by atoms with van der Waals surface area (Å²) in [6.07, 6.45) is 4.20. The molecule has 2 N–H and O–H groups in total. The van der Waals surface area contributed by atoms with E-state index in [1.54, 1.807) is 12.1 Å². The van der Waals surface area contributed by atoms with Crippen molar-refractivity contribution in [2.75, 3.05) is 26.2 Å². The number of piperidine rings is 1. The number of aliphatic imine (C=N–C) groups is 1. The first kappa shape index (κ1) is 20.1. The summed E-state index contributed by atoms with van der Waals surface area (Å²) in [6.45, 7) is 7.39. The fraction of sp³-hybridized carbons (Fsp3) is 0.476. The topological polar surface area (TPSA) is 90.7 Å². The van der Waals surface area contributed by atoms with Gasteiger partial charge in [0, 0.05) is 6.54 Å². The third-order valence-corrected chi connectivity index (χ3v) is 5.17. The fourth-order valence-corrected chi connectivity index (χ4v) is 3.60. The molecule has 0 atom stereocenters. The summed E-state index contributed by atoms with van der Waals surface area (Å²) in [5.41, 5.74) is 0.838. The Bertz CT molecular complexity index is 951. The monoisotopic (exact) mass is 384 g/mol. The van der Waals surface area contributed by atoms with Crippen molar-refractivity contribution in [2.45, 2.75) is 39.5 Å². The van der Waals surface area contributed by atoms with Gasteiger partial charge in [0.05, 0.1) is 17.9 Å². The zero-order chi connectivity index (χ0) is 20.1. The molecule has 0 amide bonds. The first-order valence-electron chi connectivity index (χ1n) is 9.92. The highest BCUT2D eigenvalue weighted by atomic mass is 16.3. The number of hydrogen-bond acceptors (Lipinski definition) is 5. The first-order chi connectivity index (χ1) is 13.5. The van der Waals surface area contributed by atoms with E-state index < -0.39 is 11.2 Å². The fourth-order valence-electron chi connectivity index (χ4n) is 3.60. The molecule has 1 fully saturated rings. The van der Waals surface area contributed by atoms with E-state index >= 15 is 0 Å². The van der Waals surface area contributed by atoms with Crippen LogP contribution in [0.15, 0.2) is 38.8 Å². The molecule has 28 heavy (non-hydrogen) atoms. The molecule has 0 radical (unpaired) electrons. The highest BCUT2D eigenvalue weighted by Gasteiger charge is 2.19. The van der Waals surface area contributed by atoms with Crippen molar-refractivity contribution in [1.29, 1.82) is 0 Å². The Labute approximate surface area is 164 Å². The Balaban J connectivity index is 1.93. The smallest absolute Gasteiger partial charge is 0.335 e. The van der Waals surface area contributed by atoms with Crippen molar-refractivity contribution in [3.63, 3.8) is 0 Å². The number of aromatic amines is 1. The average Bonchev–Trinajstić information content (AvgIpc) is 2.68. The standard InChI is InChI=1S/C21H28N4O3/c1-3-17(22-11-14-24-12-5-4-6-13-24)18-19(26)23-21(28)25(20(18)27)16-9-7-15(2)8-10-16/h7-10,27H,3-6,11-14H2,1-2H3,(H,23,26,28). The second-order valence-corrected chi connectivity index (χ2v) is 7.21. The predicted octanol–water partition coefficient (Wildman–Crippen LogP) is 2.22. The number of aryl methyl sites for hydroxylation is 1. The Morgan fingerprint density at radius 1 is 1.14 bits per heavy atom. The van der Waals surface area contributed by atoms with Crippen LogP contribution in [-0.4, -0.2) is 51.4 Å². The molecular weight excluding hydrogens is 356 g/mol. The van der Waals surface area contributed by atoms with Gasteiger partial charge in [0.25, 0.3) is 5.56 Å². The molecule has 0 bridgehead atoms. The van der Waals surface area contributed by atoms with E-state index in [0.29, 0.717) is 24.4 Å². The number of aromatic nitrogens is 2. The largest absolute Gasteiger partial charge is 0.493 e. The van der Waals surface area contributed by atoms with Crippen LogP contribution < -0.4 is 11.2 Å². The van der Waals surface area contributed by atoms with Crippen LogP contribution in [0.25, 0.3) is 5.69 Å². The van der Waals surface area contributed by atoms with Gasteiger partial charge in [0.2, 0.25) is 5.88 Å². The van der Waals surface area contributed by atoms with Gasteiger partial charge in [-0.1, -0.05) is 31.0 Å². The Morgan fingerprint density at radius 2 is 1.82 bits per heavy atom. The third kappa shape index (κ3) is 4.42. The number of rotatable bonds is 6. The molecule has 3 rings (SSSR count). The van der Waals surface area contributed by atoms with Crippen LogP contribution >= 0.6 is 0 Å². The van der Waals surface area contributed by atoms with Crippen LogP contribution in [0.3, 0.4) is 0 Å². The summed E-state index contributed by atoms with van der Waals surface area (Å²) in [4.78, 5) is 34.0. The van der Waals surface area contributed by atoms with Crippen LogP contribution in [-0.2, 0) is 0 Å². The van der Waals surface area contributed by atoms with Crippen molar-refractivity contribution in [1.82, 2.24) is 14.5 Å². The first-order valence-corrected chi connectivity index (χ1v) is 9.92. The maximum Gasteiger partial charge on any atom is 0.335 e. The molecule has 7 nitrogen and oxygen atoms in total. The lowest BCUT2D eigenvalue weighted by molar-refractivity contribution is 0.235. The van der Waals surface area contributed by atoms with E-state index in [4.69, 9.17) is 0 Å². The summed E-state index contributed by atoms with van der Waals surface area (Å²) < 4.78 is 1.12. The van der Waals surface area contributed by atoms with E-state index in [2.05, 4.69) is 14.9 Å². The molecule has 1 aromatic carbocycles. The molecule has 0 aliphatic carbocycles. The van der Waals surface area contributed by atoms with Gasteiger partial charge in [-0.2, -0.15) is 0 Å². The van der Waals surface area contributed by atoms with E-state index in [1.165, 1.54) is 19.3 Å². The number of likely N-dealkylation sites (tertiary alicyclic amines) is 1. The number of benzene rings is 1. The van der Waals surface area contributed by atoms with Gasteiger partial charge in [-0.25, -0.2) is 9.36 Å². The minimum atomic E-state index is -0.668. The summed E-state index contributed by atoms with van der Waals surface area (Å²) in [5.74, 6) is -0.365. The number of nitrogens with zero attached hydrogens (tertiary/aromatic N) is 3. The van der Waals surface area contributed by atoms with Crippen molar-refractivity contribution < 1.29 is 5.11 Å². The van der Waals surface area contributed by atoms with Gasteiger partial charge in [-0.15, -0.1) is 0 Å². The van der Waals surface area contributed by atoms with Gasteiger partial charge in [0.15, 0.2) is 0 Å². The summed E-state index contributed by atoms with van der Waals surface area (Å²) in [6, 6.07) is 7.16. The zero-order valence-electron chi connectivity index (χ0n) is 16.6. The highest BCUT2D eigenvalue weighted by Crippen LogP contribution is 2.18. The van der Waals surface area contributed by atoms with Crippen molar-refractivity contribution >= 4 is 5.71 Å². The van der Waals surface area contributed by atoms with E-state index in [9.17, 15) is 14.7 Å². The molecule has 0 saturated carbocycles. The predicted molar refractivity (Wildman–Crippen MR) is 111 cm³/mol. The summed E-state index contributed by atoms with van der Waals surface area (Å²) in [7, 11) is 0. The van der Waals surface area contributed by atoms with Gasteiger partial charge in [0.1, 0.15) is 5.56 Å². The second-order valence-electron chi connectivity index (χ2n) is 7.21. The maximum absolute atomic E-state index is 12.4. The normalized spacial score (nSPS) is 15.7. The Hall–Kier alpha value is -2.67. The van der Waals surface area contributed by atoms with Crippen molar-refractivity contribution in [3.8, 4) is 11.6 Å². The summed E-state index contributed by atoms with van der Waals surface area (Å²) >= 11 is 0. The van der Waals surface area contributed by atoms with Crippen LogP contribution in [0.1, 0.15) is 43.7 Å². The molecule has 0 spiro atoms. The number of aromatic hydroxyl groups is 1. The number of nitrogens with one attached hydrogen (secondary N) is 1. The summed E-state index contributed by atoms with van der Waals surface area (Å²) in [5, 5.41) is 10.8. The molecule has 1 aromatic heterocycles. The molecule has 0 unspecified atom stereocenters. The minimum absolute atomic E-state index is 0.0707. The SMILES string of the molecule is CCC(=NCCN1CCCCC1)c1c(O)n(-c2ccc(C)cc2)c(=O)[nH]c1=O. The lowest BCUT2D eigenvalue weighted by atomic mass is 10.1. The highest BCUT2D eigenvalue weighted by molar-refractivity contribution is 6.02. The van der Waals surface area contributed by atoms with Gasteiger partial charge in [-0.3, -0.25) is 14.8 Å². The van der Waals surface area contributed by atoms with E-state index in [1.807, 2.05) is 26.0 Å². The molecular formula is C21H28N4O3. The van der Waals surface area contributed by atoms with E-state index in [0.717, 1.165) is 29.8 Å². The average molecular weight is 384 g/mol. The lowest BCUT2D eigenvalue weighted by Gasteiger charge is -2.25. The van der Waals surface area contributed by atoms with Crippen molar-refractivity contribution in [3.05, 3.63) is 56.2 Å². The molecule has 1 saturated heterocycles. The minimum Gasteiger partial charge on any atom is -0.493 e. The quantitative estimate of drug-likeness (QED) is 0.747. The number of hydrogen-bond donors (Lipinski definition) is 2. The third-order valence-electron chi connectivity index (χ3n) is 5.17. The van der Waals surface area contributed by atoms with Gasteiger partial charge >= 0.3 is 5.69 Å². The molecule has 2 aromatic rings. The molecule has 1 aliphatic rings. The lowest BCUT2D eigenvalue weighted by Crippen LogP contribution is -2.34. The van der Waals surface area contributed by atoms with Gasteiger partial charge < -0.3 is 10.0 Å². The number of H-pyrrole nitrogens is 1. The zero-order valence-corrected chi connectivity index (χ0v) is 16.6. The Morgan fingerprint density at radius 3 is 2.46 bits per heavy atom.